The molecule has 0 spiro atoms. The molecule has 37 heavy (non-hydrogen) atoms. The van der Waals surface area contributed by atoms with Gasteiger partial charge in [-0.1, -0.05) is 20.8 Å². The third-order valence-electron chi connectivity index (χ3n) is 6.19. The van der Waals surface area contributed by atoms with E-state index in [-0.39, 0.29) is 22.0 Å². The third-order valence-corrected chi connectivity index (χ3v) is 7.45. The smallest absolute Gasteiger partial charge is 0.281 e. The number of hydrogen-bond donors (Lipinski definition) is 2. The van der Waals surface area contributed by atoms with Crippen molar-refractivity contribution in [3.05, 3.63) is 54.0 Å². The summed E-state index contributed by atoms with van der Waals surface area (Å²) in [4.78, 5) is 20.0. The molecule has 0 radical (unpaired) electrons. The molecule has 3 heterocycles. The van der Waals surface area contributed by atoms with Gasteiger partial charge in [0.1, 0.15) is 17.4 Å². The van der Waals surface area contributed by atoms with E-state index >= 15 is 0 Å². The molecular formula is C26H32FN5O4S. The van der Waals surface area contributed by atoms with Crippen molar-refractivity contribution in [1.82, 2.24) is 19.9 Å². The molecule has 2 aromatic heterocycles. The number of hydrogen-bond acceptors (Lipinski definition) is 7. The monoisotopic (exact) mass is 529 g/mol. The molecule has 1 amide bonds. The van der Waals surface area contributed by atoms with E-state index < -0.39 is 21.7 Å². The van der Waals surface area contributed by atoms with Crippen LogP contribution in [0.15, 0.2) is 47.6 Å². The van der Waals surface area contributed by atoms with Crippen LogP contribution in [0.4, 0.5) is 10.2 Å². The van der Waals surface area contributed by atoms with E-state index in [2.05, 4.69) is 21.8 Å². The van der Waals surface area contributed by atoms with E-state index in [1.165, 1.54) is 30.5 Å². The van der Waals surface area contributed by atoms with Crippen LogP contribution in [0.25, 0.3) is 11.3 Å². The van der Waals surface area contributed by atoms with Crippen molar-refractivity contribution in [3.8, 4) is 17.0 Å². The predicted molar refractivity (Wildman–Crippen MR) is 138 cm³/mol. The van der Waals surface area contributed by atoms with Crippen LogP contribution in [-0.4, -0.2) is 48.2 Å². The molecular weight excluding hydrogens is 497 g/mol. The lowest BCUT2D eigenvalue weighted by atomic mass is 9.97. The fraction of sp³-hybridized carbons (Fsp3) is 0.423. The minimum Gasteiger partial charge on any atom is -0.493 e. The number of amides is 1. The molecule has 2 N–H and O–H groups in total. The van der Waals surface area contributed by atoms with Crippen molar-refractivity contribution in [2.24, 2.45) is 11.8 Å². The maximum atomic E-state index is 14.5. The highest BCUT2D eigenvalue weighted by Gasteiger charge is 2.39. The standard InChI is InChI=1S/C26H32FN5O4S/c1-16(2)15-36-20-11-18(10-19(27)12-20)22-7-6-21(24(29-22)32-14-17(3)13-26(32,4)5)25(33)31-37(34,35)23-8-9-28-30-23/h6-12,16-17H,13-15H2,1-5H3,(H,28,30)(H,31,33)/t17-/m1/s1. The van der Waals surface area contributed by atoms with Crippen molar-refractivity contribution in [3.63, 3.8) is 0 Å². The van der Waals surface area contributed by atoms with E-state index in [4.69, 9.17) is 9.72 Å². The molecule has 1 aliphatic heterocycles. The third kappa shape index (κ3) is 5.93. The maximum Gasteiger partial charge on any atom is 0.281 e. The summed E-state index contributed by atoms with van der Waals surface area (Å²) in [6.07, 6.45) is 2.15. The molecule has 4 rings (SSSR count). The van der Waals surface area contributed by atoms with Gasteiger partial charge in [-0.2, -0.15) is 13.5 Å². The Labute approximate surface area is 216 Å². The van der Waals surface area contributed by atoms with Gasteiger partial charge in [0.25, 0.3) is 15.9 Å². The Hall–Kier alpha value is -3.47. The number of carbonyl (C=O) groups is 1. The summed E-state index contributed by atoms with van der Waals surface area (Å²) < 4.78 is 47.6. The number of rotatable bonds is 8. The lowest BCUT2D eigenvalue weighted by Crippen LogP contribution is -2.41. The highest BCUT2D eigenvalue weighted by atomic mass is 32.2. The lowest BCUT2D eigenvalue weighted by Gasteiger charge is -2.34. The van der Waals surface area contributed by atoms with Crippen LogP contribution >= 0.6 is 0 Å². The number of H-pyrrole nitrogens is 1. The average Bonchev–Trinajstić information content (AvgIpc) is 3.44. The summed E-state index contributed by atoms with van der Waals surface area (Å²) in [5.41, 5.74) is 0.687. The Kier molecular flexibility index (Phi) is 7.27. The van der Waals surface area contributed by atoms with Crippen molar-refractivity contribution in [1.29, 1.82) is 0 Å². The van der Waals surface area contributed by atoms with E-state index in [1.54, 1.807) is 12.1 Å². The second-order valence-electron chi connectivity index (χ2n) is 10.5. The van der Waals surface area contributed by atoms with Crippen molar-refractivity contribution in [2.45, 2.75) is 51.6 Å². The van der Waals surface area contributed by atoms with Crippen molar-refractivity contribution in [2.75, 3.05) is 18.1 Å². The molecule has 3 aromatic rings. The lowest BCUT2D eigenvalue weighted by molar-refractivity contribution is 0.0981. The van der Waals surface area contributed by atoms with Gasteiger partial charge in [0, 0.05) is 23.7 Å². The number of halogens is 1. The number of aromatic amines is 1. The summed E-state index contributed by atoms with van der Waals surface area (Å²) in [5.74, 6) is 0.0242. The number of ether oxygens (including phenoxy) is 1. The van der Waals surface area contributed by atoms with Crippen LogP contribution < -0.4 is 14.4 Å². The molecule has 0 unspecified atom stereocenters. The molecule has 1 fully saturated rings. The molecule has 0 saturated carbocycles. The Morgan fingerprint density at radius 2 is 2.03 bits per heavy atom. The van der Waals surface area contributed by atoms with Gasteiger partial charge in [0.05, 0.1) is 24.1 Å². The summed E-state index contributed by atoms with van der Waals surface area (Å²) in [6, 6.07) is 8.74. The van der Waals surface area contributed by atoms with Crippen LogP contribution in [0.2, 0.25) is 0 Å². The normalized spacial score (nSPS) is 17.3. The molecule has 1 aromatic carbocycles. The molecule has 11 heteroatoms. The summed E-state index contributed by atoms with van der Waals surface area (Å²) >= 11 is 0. The minimum absolute atomic E-state index is 0.0988. The van der Waals surface area contributed by atoms with Gasteiger partial charge in [-0.3, -0.25) is 9.89 Å². The number of sulfonamides is 1. The molecule has 1 atom stereocenters. The van der Waals surface area contributed by atoms with Crippen LogP contribution in [0.1, 0.15) is 51.4 Å². The van der Waals surface area contributed by atoms with Crippen LogP contribution in [-0.2, 0) is 10.0 Å². The van der Waals surface area contributed by atoms with Gasteiger partial charge >= 0.3 is 0 Å². The number of benzene rings is 1. The second-order valence-corrected chi connectivity index (χ2v) is 12.2. The molecule has 198 valence electrons. The Balaban J connectivity index is 1.76. The first-order valence-corrected chi connectivity index (χ1v) is 13.6. The van der Waals surface area contributed by atoms with Crippen molar-refractivity contribution < 1.29 is 22.3 Å². The van der Waals surface area contributed by atoms with E-state index in [9.17, 15) is 17.6 Å². The van der Waals surface area contributed by atoms with Gasteiger partial charge in [-0.25, -0.2) is 14.1 Å². The fourth-order valence-electron chi connectivity index (χ4n) is 4.63. The zero-order chi connectivity index (χ0) is 27.0. The second kappa shape index (κ2) is 10.1. The molecule has 1 aliphatic rings. The first kappa shape index (κ1) is 26.6. The first-order valence-electron chi connectivity index (χ1n) is 12.1. The number of carbonyl (C=O) groups excluding carboxylic acids is 1. The van der Waals surface area contributed by atoms with Crippen LogP contribution in [0.5, 0.6) is 5.75 Å². The highest BCUT2D eigenvalue weighted by Crippen LogP contribution is 2.38. The SMILES string of the molecule is CC(C)COc1cc(F)cc(-c2ccc(C(=O)NS(=O)(=O)c3ccn[nH]3)c(N3C[C@H](C)CC3(C)C)n2)c1. The minimum atomic E-state index is -4.16. The number of aromatic nitrogens is 3. The van der Waals surface area contributed by atoms with E-state index in [1.807, 2.05) is 32.6 Å². The summed E-state index contributed by atoms with van der Waals surface area (Å²) in [7, 11) is -4.16. The van der Waals surface area contributed by atoms with Gasteiger partial charge in [-0.15, -0.1) is 0 Å². The Morgan fingerprint density at radius 3 is 2.65 bits per heavy atom. The van der Waals surface area contributed by atoms with E-state index in [0.717, 1.165) is 6.42 Å². The quantitative estimate of drug-likeness (QED) is 0.444. The number of pyridine rings is 1. The van der Waals surface area contributed by atoms with Crippen molar-refractivity contribution >= 4 is 21.7 Å². The molecule has 1 saturated heterocycles. The molecule has 0 bridgehead atoms. The Morgan fingerprint density at radius 1 is 1.27 bits per heavy atom. The number of nitrogens with zero attached hydrogens (tertiary/aromatic N) is 3. The molecule has 9 nitrogen and oxygen atoms in total. The molecule has 0 aliphatic carbocycles. The number of anilines is 1. The van der Waals surface area contributed by atoms with E-state index in [0.29, 0.717) is 41.9 Å². The van der Waals surface area contributed by atoms with Crippen LogP contribution in [0, 0.1) is 17.7 Å². The maximum absolute atomic E-state index is 14.5. The van der Waals surface area contributed by atoms with Crippen LogP contribution in [0.3, 0.4) is 0 Å². The topological polar surface area (TPSA) is 117 Å². The number of nitrogens with one attached hydrogen (secondary N) is 2. The average molecular weight is 530 g/mol. The largest absolute Gasteiger partial charge is 0.493 e. The first-order chi connectivity index (χ1) is 17.4. The zero-order valence-electron chi connectivity index (χ0n) is 21.6. The summed E-state index contributed by atoms with van der Waals surface area (Å²) in [6.45, 7) is 11.3. The van der Waals surface area contributed by atoms with Gasteiger partial charge in [0.15, 0.2) is 5.03 Å². The van der Waals surface area contributed by atoms with Gasteiger partial charge < -0.3 is 9.64 Å². The predicted octanol–water partition coefficient (Wildman–Crippen LogP) is 4.39. The Bertz CT molecular complexity index is 1390. The van der Waals surface area contributed by atoms with Gasteiger partial charge in [-0.05, 0) is 62.4 Å². The fourth-order valence-corrected chi connectivity index (χ4v) is 5.51. The summed E-state index contributed by atoms with van der Waals surface area (Å²) in [5, 5.41) is 5.77. The zero-order valence-corrected chi connectivity index (χ0v) is 22.4. The van der Waals surface area contributed by atoms with Gasteiger partial charge in [0.2, 0.25) is 0 Å². The highest BCUT2D eigenvalue weighted by molar-refractivity contribution is 7.90.